The Bertz CT molecular complexity index is 1280. The summed E-state index contributed by atoms with van der Waals surface area (Å²) in [4.78, 5) is 20.1. The number of hydrogen-bond donors (Lipinski definition) is 1. The molecule has 3 aromatic heterocycles. The van der Waals surface area contributed by atoms with E-state index < -0.39 is 0 Å². The Balaban J connectivity index is 1.58. The van der Waals surface area contributed by atoms with E-state index in [2.05, 4.69) is 20.2 Å². The second-order valence-corrected chi connectivity index (χ2v) is 6.03. The predicted octanol–water partition coefficient (Wildman–Crippen LogP) is 2.48. The molecule has 5 rings (SSSR count). The van der Waals surface area contributed by atoms with Crippen molar-refractivity contribution in [3.63, 3.8) is 0 Å². The van der Waals surface area contributed by atoms with Crippen molar-refractivity contribution < 1.29 is 0 Å². The average Bonchev–Trinajstić information content (AvgIpc) is 3.28. The molecule has 5 aromatic rings. The Morgan fingerprint density at radius 1 is 1.00 bits per heavy atom. The maximum atomic E-state index is 12.4. The van der Waals surface area contributed by atoms with Gasteiger partial charge in [-0.15, -0.1) is 5.10 Å². The third kappa shape index (κ3) is 2.37. The van der Waals surface area contributed by atoms with Crippen molar-refractivity contribution in [1.82, 2.24) is 29.4 Å². The molecule has 0 amide bonds. The summed E-state index contributed by atoms with van der Waals surface area (Å²) in [6.07, 6.45) is 1.82. The number of hydrogen-bond acceptors (Lipinski definition) is 4. The summed E-state index contributed by atoms with van der Waals surface area (Å²) in [5.41, 5.74) is 2.38. The molecule has 0 saturated heterocycles. The molecule has 0 radical (unpaired) electrons. The fraction of sp³-hybridized carbons (Fsp3) is 0.0526. The molecule has 3 heterocycles. The topological polar surface area (TPSA) is 80.9 Å². The summed E-state index contributed by atoms with van der Waals surface area (Å²) < 4.78 is 3.14. The minimum Gasteiger partial charge on any atom is -0.326 e. The quantitative estimate of drug-likeness (QED) is 0.546. The third-order valence-electron chi connectivity index (χ3n) is 4.29. The first-order valence-corrected chi connectivity index (χ1v) is 8.23. The standard InChI is InChI=1S/C19H14N6O/c26-17-10-15(12-24-16-9-5-4-8-14(16)11-20-24)21-19-22-18(23-25(17)19)13-6-2-1-3-7-13/h1-11H,12H2,(H,21,22,23). The molecule has 2 aromatic carbocycles. The molecule has 7 nitrogen and oxygen atoms in total. The number of fused-ring (bicyclic) bond motifs is 2. The van der Waals surface area contributed by atoms with Gasteiger partial charge in [-0.2, -0.15) is 14.6 Å². The van der Waals surface area contributed by atoms with Crippen LogP contribution in [0.3, 0.4) is 0 Å². The van der Waals surface area contributed by atoms with Gasteiger partial charge in [0, 0.05) is 22.7 Å². The zero-order valence-corrected chi connectivity index (χ0v) is 13.7. The number of nitrogens with one attached hydrogen (secondary N) is 1. The number of aromatic nitrogens is 6. The molecule has 1 N–H and O–H groups in total. The molecule has 7 heteroatoms. The number of benzene rings is 2. The molecular formula is C19H14N6O. The van der Waals surface area contributed by atoms with Crippen LogP contribution in [0.25, 0.3) is 28.1 Å². The van der Waals surface area contributed by atoms with Crippen LogP contribution in [0.2, 0.25) is 0 Å². The maximum absolute atomic E-state index is 12.4. The predicted molar refractivity (Wildman–Crippen MR) is 97.9 cm³/mol. The summed E-state index contributed by atoms with van der Waals surface area (Å²) in [5, 5.41) is 9.77. The van der Waals surface area contributed by atoms with Crippen molar-refractivity contribution >= 4 is 16.7 Å². The summed E-state index contributed by atoms with van der Waals surface area (Å²) in [5.74, 6) is 0.934. The Morgan fingerprint density at radius 3 is 2.69 bits per heavy atom. The number of para-hydroxylation sites is 1. The Morgan fingerprint density at radius 2 is 1.81 bits per heavy atom. The van der Waals surface area contributed by atoms with Gasteiger partial charge in [-0.25, -0.2) is 0 Å². The largest absolute Gasteiger partial charge is 0.326 e. The van der Waals surface area contributed by atoms with Gasteiger partial charge in [0.15, 0.2) is 5.82 Å². The van der Waals surface area contributed by atoms with E-state index in [0.717, 1.165) is 22.2 Å². The van der Waals surface area contributed by atoms with Crippen molar-refractivity contribution in [2.75, 3.05) is 0 Å². The zero-order valence-electron chi connectivity index (χ0n) is 13.7. The molecule has 0 fully saturated rings. The van der Waals surface area contributed by atoms with Gasteiger partial charge < -0.3 is 4.98 Å². The van der Waals surface area contributed by atoms with Crippen LogP contribution in [0.1, 0.15) is 5.69 Å². The monoisotopic (exact) mass is 342 g/mol. The minimum atomic E-state index is -0.222. The molecule has 0 aliphatic heterocycles. The first-order chi connectivity index (χ1) is 12.8. The fourth-order valence-electron chi connectivity index (χ4n) is 3.04. The molecule has 26 heavy (non-hydrogen) atoms. The molecule has 0 atom stereocenters. The van der Waals surface area contributed by atoms with Crippen LogP contribution in [-0.4, -0.2) is 29.4 Å². The van der Waals surface area contributed by atoms with Gasteiger partial charge in [0.2, 0.25) is 5.78 Å². The third-order valence-corrected chi connectivity index (χ3v) is 4.29. The average molecular weight is 342 g/mol. The van der Waals surface area contributed by atoms with Crippen LogP contribution >= 0.6 is 0 Å². The van der Waals surface area contributed by atoms with Crippen LogP contribution in [0, 0.1) is 0 Å². The van der Waals surface area contributed by atoms with E-state index in [9.17, 15) is 4.79 Å². The van der Waals surface area contributed by atoms with E-state index in [4.69, 9.17) is 0 Å². The van der Waals surface area contributed by atoms with Crippen molar-refractivity contribution in [3.05, 3.63) is 82.9 Å². The Hall–Kier alpha value is -3.74. The lowest BCUT2D eigenvalue weighted by molar-refractivity contribution is 0.692. The molecular weight excluding hydrogens is 328 g/mol. The lowest BCUT2D eigenvalue weighted by Gasteiger charge is -2.04. The minimum absolute atomic E-state index is 0.222. The van der Waals surface area contributed by atoms with Crippen molar-refractivity contribution in [1.29, 1.82) is 0 Å². The highest BCUT2D eigenvalue weighted by Gasteiger charge is 2.11. The highest BCUT2D eigenvalue weighted by molar-refractivity contribution is 5.78. The van der Waals surface area contributed by atoms with Gasteiger partial charge in [0.25, 0.3) is 5.56 Å². The maximum Gasteiger partial charge on any atom is 0.275 e. The number of aromatic amines is 1. The second kappa shape index (κ2) is 5.66. The highest BCUT2D eigenvalue weighted by Crippen LogP contribution is 2.15. The first kappa shape index (κ1) is 14.6. The highest BCUT2D eigenvalue weighted by atomic mass is 16.1. The van der Waals surface area contributed by atoms with Crippen LogP contribution in [0.5, 0.6) is 0 Å². The molecule has 0 aliphatic carbocycles. The van der Waals surface area contributed by atoms with Crippen LogP contribution in [0.4, 0.5) is 0 Å². The molecule has 126 valence electrons. The molecule has 0 spiro atoms. The van der Waals surface area contributed by atoms with Crippen molar-refractivity contribution in [2.45, 2.75) is 6.54 Å². The molecule has 0 unspecified atom stereocenters. The van der Waals surface area contributed by atoms with Crippen molar-refractivity contribution in [2.24, 2.45) is 0 Å². The summed E-state index contributed by atoms with van der Waals surface area (Å²) in [6.45, 7) is 0.451. The van der Waals surface area contributed by atoms with Gasteiger partial charge in [0.05, 0.1) is 18.3 Å². The Kier molecular flexibility index (Phi) is 3.18. The van der Waals surface area contributed by atoms with Crippen molar-refractivity contribution in [3.8, 4) is 11.4 Å². The van der Waals surface area contributed by atoms with Gasteiger partial charge >= 0.3 is 0 Å². The normalized spacial score (nSPS) is 11.4. The fourth-order valence-corrected chi connectivity index (χ4v) is 3.04. The number of rotatable bonds is 3. The lowest BCUT2D eigenvalue weighted by atomic mass is 10.2. The van der Waals surface area contributed by atoms with E-state index in [-0.39, 0.29) is 5.56 Å². The second-order valence-electron chi connectivity index (χ2n) is 6.03. The van der Waals surface area contributed by atoms with Gasteiger partial charge in [0.1, 0.15) is 0 Å². The van der Waals surface area contributed by atoms with Crippen LogP contribution in [0.15, 0.2) is 71.7 Å². The number of H-pyrrole nitrogens is 1. The number of nitrogens with zero attached hydrogens (tertiary/aromatic N) is 5. The molecule has 0 aliphatic rings. The van der Waals surface area contributed by atoms with E-state index in [1.54, 1.807) is 0 Å². The molecule has 0 saturated carbocycles. The molecule has 0 bridgehead atoms. The zero-order chi connectivity index (χ0) is 17.5. The van der Waals surface area contributed by atoms with E-state index in [1.807, 2.05) is 65.5 Å². The smallest absolute Gasteiger partial charge is 0.275 e. The van der Waals surface area contributed by atoms with Gasteiger partial charge in [-0.05, 0) is 6.07 Å². The lowest BCUT2D eigenvalue weighted by Crippen LogP contribution is -2.17. The van der Waals surface area contributed by atoms with Gasteiger partial charge in [-0.3, -0.25) is 9.48 Å². The summed E-state index contributed by atoms with van der Waals surface area (Å²) >= 11 is 0. The van der Waals surface area contributed by atoms with Crippen LogP contribution in [-0.2, 0) is 6.54 Å². The van der Waals surface area contributed by atoms with Gasteiger partial charge in [-0.1, -0.05) is 48.5 Å². The van der Waals surface area contributed by atoms with E-state index >= 15 is 0 Å². The van der Waals surface area contributed by atoms with Crippen LogP contribution < -0.4 is 5.56 Å². The summed E-state index contributed by atoms with van der Waals surface area (Å²) in [7, 11) is 0. The first-order valence-electron chi connectivity index (χ1n) is 8.23. The SMILES string of the molecule is O=c1cc(Cn2ncc3ccccc32)[nH]c2nc(-c3ccccc3)nn12. The Labute approximate surface area is 147 Å². The van der Waals surface area contributed by atoms with E-state index in [1.165, 1.54) is 10.6 Å². The summed E-state index contributed by atoms with van der Waals surface area (Å²) in [6, 6.07) is 19.1. The van der Waals surface area contributed by atoms with E-state index in [0.29, 0.717) is 18.1 Å².